The summed E-state index contributed by atoms with van der Waals surface area (Å²) in [4.78, 5) is 11.0. The molecule has 0 heterocycles. The third-order valence-electron chi connectivity index (χ3n) is 2.38. The lowest BCUT2D eigenvalue weighted by atomic mass is 10.3. The molecule has 14 heavy (non-hydrogen) atoms. The van der Waals surface area contributed by atoms with Gasteiger partial charge in [-0.2, -0.15) is 0 Å². The first-order valence-electron chi connectivity index (χ1n) is 4.69. The van der Waals surface area contributed by atoms with Crippen molar-refractivity contribution in [3.8, 4) is 0 Å². The minimum atomic E-state index is -0.102. The monoisotopic (exact) mass is 220 g/mol. The molecule has 0 aliphatic heterocycles. The number of nitrogens with one attached hydrogen (secondary N) is 1. The van der Waals surface area contributed by atoms with Crippen LogP contribution in [-0.2, 0) is 4.79 Å². The van der Waals surface area contributed by atoms with Crippen LogP contribution in [0.5, 0.6) is 0 Å². The van der Waals surface area contributed by atoms with Crippen molar-refractivity contribution in [1.82, 2.24) is 5.32 Å². The predicted octanol–water partition coefficient (Wildman–Crippen LogP) is -1.87. The van der Waals surface area contributed by atoms with E-state index < -0.39 is 0 Å². The summed E-state index contributed by atoms with van der Waals surface area (Å²) in [5.74, 6) is -0.102. The normalized spacial score (nSPS) is 12.6. The fourth-order valence-corrected chi connectivity index (χ4v) is 1.21. The molecule has 1 amide bonds. The van der Waals surface area contributed by atoms with E-state index in [9.17, 15) is 4.79 Å². The van der Waals surface area contributed by atoms with Crippen molar-refractivity contribution >= 4 is 5.91 Å². The van der Waals surface area contributed by atoms with Gasteiger partial charge in [-0.3, -0.25) is 4.79 Å². The molecule has 1 unspecified atom stereocenters. The molecule has 4 heteroatoms. The number of hydrogen-bond donors (Lipinski definition) is 1. The molecule has 0 aromatic heterocycles. The molecular formula is C10H21ClN2O. The molecule has 0 fully saturated rings. The maximum atomic E-state index is 11.0. The average Bonchev–Trinajstić information content (AvgIpc) is 2.04. The van der Waals surface area contributed by atoms with Gasteiger partial charge in [-0.1, -0.05) is 13.5 Å². The Kier molecular flexibility index (Phi) is 7.78. The van der Waals surface area contributed by atoms with Crippen LogP contribution in [0.2, 0.25) is 0 Å². The minimum absolute atomic E-state index is 0. The van der Waals surface area contributed by atoms with Crippen LogP contribution >= 0.6 is 0 Å². The molecule has 0 saturated heterocycles. The minimum Gasteiger partial charge on any atom is -1.00 e. The zero-order chi connectivity index (χ0) is 10.5. The highest BCUT2D eigenvalue weighted by atomic mass is 35.5. The Labute approximate surface area is 93.2 Å². The Hall–Kier alpha value is -0.540. The number of hydrogen-bond acceptors (Lipinski definition) is 1. The highest BCUT2D eigenvalue weighted by Crippen LogP contribution is 2.04. The van der Waals surface area contributed by atoms with Crippen LogP contribution in [-0.4, -0.2) is 37.2 Å². The predicted molar refractivity (Wildman–Crippen MR) is 55.1 cm³/mol. The highest BCUT2D eigenvalue weighted by molar-refractivity contribution is 5.86. The largest absolute Gasteiger partial charge is 1.00 e. The van der Waals surface area contributed by atoms with Crippen molar-refractivity contribution in [2.45, 2.75) is 26.4 Å². The van der Waals surface area contributed by atoms with Gasteiger partial charge < -0.3 is 22.2 Å². The Balaban J connectivity index is 0. The van der Waals surface area contributed by atoms with E-state index in [2.05, 4.69) is 32.9 Å². The van der Waals surface area contributed by atoms with Crippen LogP contribution in [0, 0.1) is 0 Å². The molecule has 0 rings (SSSR count). The summed E-state index contributed by atoms with van der Waals surface area (Å²) < 4.78 is 0.802. The van der Waals surface area contributed by atoms with Gasteiger partial charge in [0.15, 0.2) is 6.17 Å². The van der Waals surface area contributed by atoms with Gasteiger partial charge in [0.2, 0.25) is 5.91 Å². The van der Waals surface area contributed by atoms with Gasteiger partial charge in [0, 0.05) is 6.92 Å². The average molecular weight is 221 g/mol. The first-order valence-corrected chi connectivity index (χ1v) is 4.69. The molecule has 0 spiro atoms. The number of carbonyl (C=O) groups excluding carboxylic acids is 1. The van der Waals surface area contributed by atoms with E-state index >= 15 is 0 Å². The third kappa shape index (κ3) is 5.25. The Morgan fingerprint density at radius 1 is 1.57 bits per heavy atom. The Bertz CT molecular complexity index is 193. The van der Waals surface area contributed by atoms with E-state index in [1.807, 2.05) is 6.92 Å². The fourth-order valence-electron chi connectivity index (χ4n) is 1.21. The number of halogens is 1. The van der Waals surface area contributed by atoms with Crippen LogP contribution in [0.25, 0.3) is 0 Å². The lowest BCUT2D eigenvalue weighted by molar-refractivity contribution is -0.915. The first-order chi connectivity index (χ1) is 5.94. The van der Waals surface area contributed by atoms with Crippen molar-refractivity contribution in [3.63, 3.8) is 0 Å². The van der Waals surface area contributed by atoms with Crippen molar-refractivity contribution in [2.24, 2.45) is 0 Å². The number of carbonyl (C=O) groups is 1. The summed E-state index contributed by atoms with van der Waals surface area (Å²) in [6, 6.07) is 0. The standard InChI is InChI=1S/C10H20N2O.ClH/c1-6-8-12(4,5)9(3)11-10(13)7-2;/h7,9H,2,6,8H2,1,3-5H3;1H. The molecule has 1 atom stereocenters. The number of rotatable bonds is 5. The van der Waals surface area contributed by atoms with Crippen LogP contribution in [0.1, 0.15) is 20.3 Å². The lowest BCUT2D eigenvalue weighted by Crippen LogP contribution is -3.00. The van der Waals surface area contributed by atoms with Gasteiger partial charge in [-0.05, 0) is 12.5 Å². The maximum absolute atomic E-state index is 11.0. The summed E-state index contributed by atoms with van der Waals surface area (Å²) in [6.07, 6.45) is 2.55. The molecule has 0 radical (unpaired) electrons. The van der Waals surface area contributed by atoms with E-state index in [-0.39, 0.29) is 24.5 Å². The Morgan fingerprint density at radius 3 is 2.43 bits per heavy atom. The molecule has 3 nitrogen and oxygen atoms in total. The maximum Gasteiger partial charge on any atom is 0.247 e. The van der Waals surface area contributed by atoms with Gasteiger partial charge in [0.25, 0.3) is 0 Å². The van der Waals surface area contributed by atoms with Crippen molar-refractivity contribution in [1.29, 1.82) is 0 Å². The van der Waals surface area contributed by atoms with Gasteiger partial charge in [0.1, 0.15) is 0 Å². The molecule has 0 saturated carbocycles. The number of nitrogens with zero attached hydrogens (tertiary/aromatic N) is 1. The van der Waals surface area contributed by atoms with Gasteiger partial charge in [-0.25, -0.2) is 0 Å². The second-order valence-electron chi connectivity index (χ2n) is 3.89. The quantitative estimate of drug-likeness (QED) is 0.328. The number of quaternary nitrogens is 1. The van der Waals surface area contributed by atoms with Crippen LogP contribution in [0.15, 0.2) is 12.7 Å². The molecule has 1 N–H and O–H groups in total. The zero-order valence-corrected chi connectivity index (χ0v) is 10.3. The van der Waals surface area contributed by atoms with Crippen molar-refractivity contribution < 1.29 is 21.7 Å². The molecule has 0 aromatic carbocycles. The van der Waals surface area contributed by atoms with Gasteiger partial charge in [-0.15, -0.1) is 0 Å². The first kappa shape index (κ1) is 15.9. The second-order valence-corrected chi connectivity index (χ2v) is 3.89. The van der Waals surface area contributed by atoms with E-state index in [4.69, 9.17) is 0 Å². The van der Waals surface area contributed by atoms with E-state index in [0.29, 0.717) is 0 Å². The summed E-state index contributed by atoms with van der Waals surface area (Å²) in [5, 5.41) is 2.87. The van der Waals surface area contributed by atoms with E-state index in [1.54, 1.807) is 0 Å². The summed E-state index contributed by atoms with van der Waals surface area (Å²) in [5.41, 5.74) is 0. The van der Waals surface area contributed by atoms with Gasteiger partial charge in [0.05, 0.1) is 20.6 Å². The summed E-state index contributed by atoms with van der Waals surface area (Å²) >= 11 is 0. The number of amides is 1. The summed E-state index contributed by atoms with van der Waals surface area (Å²) in [6.45, 7) is 8.63. The van der Waals surface area contributed by atoms with Gasteiger partial charge >= 0.3 is 0 Å². The third-order valence-corrected chi connectivity index (χ3v) is 2.38. The molecule has 0 aliphatic carbocycles. The molecular weight excluding hydrogens is 200 g/mol. The second kappa shape index (κ2) is 6.85. The summed E-state index contributed by atoms with van der Waals surface area (Å²) in [7, 11) is 4.22. The lowest BCUT2D eigenvalue weighted by Gasteiger charge is -2.35. The fraction of sp³-hybridized carbons (Fsp3) is 0.700. The van der Waals surface area contributed by atoms with Crippen LogP contribution < -0.4 is 17.7 Å². The Morgan fingerprint density at radius 2 is 2.07 bits per heavy atom. The molecule has 0 aliphatic rings. The van der Waals surface area contributed by atoms with E-state index in [0.717, 1.165) is 17.4 Å². The SMILES string of the molecule is C=CC(=O)NC(C)[N+](C)(C)CCC.[Cl-]. The van der Waals surface area contributed by atoms with Crippen LogP contribution in [0.3, 0.4) is 0 Å². The highest BCUT2D eigenvalue weighted by Gasteiger charge is 2.23. The smallest absolute Gasteiger partial charge is 0.247 e. The van der Waals surface area contributed by atoms with E-state index in [1.165, 1.54) is 6.08 Å². The molecule has 84 valence electrons. The molecule has 0 aromatic rings. The zero-order valence-electron chi connectivity index (χ0n) is 9.51. The topological polar surface area (TPSA) is 29.1 Å². The van der Waals surface area contributed by atoms with Crippen LogP contribution in [0.4, 0.5) is 0 Å². The molecule has 0 bridgehead atoms. The van der Waals surface area contributed by atoms with Crippen molar-refractivity contribution in [3.05, 3.63) is 12.7 Å². The van der Waals surface area contributed by atoms with Crippen molar-refractivity contribution in [2.75, 3.05) is 20.6 Å².